The average molecular weight is 266 g/mol. The molecule has 0 saturated carbocycles. The summed E-state index contributed by atoms with van der Waals surface area (Å²) in [5, 5.41) is 2.66. The number of nitrogens with zero attached hydrogens (tertiary/aromatic N) is 1. The molecule has 4 nitrogen and oxygen atoms in total. The minimum absolute atomic E-state index is 0.298. The highest BCUT2D eigenvalue weighted by Gasteiger charge is 2.11. The zero-order chi connectivity index (χ0) is 12.3. The summed E-state index contributed by atoms with van der Waals surface area (Å²) in [5.41, 5.74) is 0.372. The molecule has 1 aromatic heterocycles. The predicted molar refractivity (Wildman–Crippen MR) is 71.2 cm³/mol. The first-order chi connectivity index (χ1) is 8.20. The van der Waals surface area contributed by atoms with Gasteiger partial charge in [0.2, 0.25) is 0 Å². The van der Waals surface area contributed by atoms with Crippen molar-refractivity contribution in [3.8, 4) is 0 Å². The van der Waals surface area contributed by atoms with Gasteiger partial charge in [0.05, 0.1) is 4.21 Å². The van der Waals surface area contributed by atoms with Crippen LogP contribution in [0.5, 0.6) is 0 Å². The van der Waals surface area contributed by atoms with E-state index in [9.17, 15) is 9.59 Å². The van der Waals surface area contributed by atoms with Gasteiger partial charge in [0.25, 0.3) is 5.56 Å². The van der Waals surface area contributed by atoms with Crippen molar-refractivity contribution in [1.29, 1.82) is 0 Å². The lowest BCUT2D eigenvalue weighted by atomic mass is 10.3. The number of benzene rings is 1. The summed E-state index contributed by atoms with van der Waals surface area (Å²) in [6, 6.07) is 10.1. The fraction of sp³-hybridized carbons (Fsp3) is 0.0909. The first-order valence-corrected chi connectivity index (χ1v) is 6.84. The fourth-order valence-corrected chi connectivity index (χ4v) is 2.60. The third kappa shape index (κ3) is 2.78. The molecule has 0 unspecified atom stereocenters. The Balaban J connectivity index is 2.20. The molecule has 1 aromatic carbocycles. The Morgan fingerprint density at radius 1 is 1.35 bits per heavy atom. The van der Waals surface area contributed by atoms with Crippen LogP contribution in [0.2, 0.25) is 0 Å². The van der Waals surface area contributed by atoms with Gasteiger partial charge >= 0.3 is 6.03 Å². The van der Waals surface area contributed by atoms with Crippen LogP contribution in [0.25, 0.3) is 0 Å². The van der Waals surface area contributed by atoms with Crippen molar-refractivity contribution in [3.63, 3.8) is 0 Å². The first kappa shape index (κ1) is 11.9. The van der Waals surface area contributed by atoms with Gasteiger partial charge in [0.15, 0.2) is 0 Å². The van der Waals surface area contributed by atoms with Gasteiger partial charge in [-0.3, -0.25) is 4.79 Å². The molecule has 17 heavy (non-hydrogen) atoms. The molecule has 0 bridgehead atoms. The highest BCUT2D eigenvalue weighted by molar-refractivity contribution is 8.00. The molecule has 0 radical (unpaired) electrons. The Hall–Kier alpha value is -1.53. The topological polar surface area (TPSA) is 51.1 Å². The quantitative estimate of drug-likeness (QED) is 0.850. The lowest BCUT2D eigenvalue weighted by Gasteiger charge is -2.03. The second kappa shape index (κ2) is 5.20. The van der Waals surface area contributed by atoms with E-state index < -0.39 is 6.03 Å². The van der Waals surface area contributed by atoms with Crippen LogP contribution in [0.4, 0.5) is 10.5 Å². The molecule has 1 amide bonds. The summed E-state index contributed by atoms with van der Waals surface area (Å²) >= 11 is 2.59. The SMILES string of the molecule is CSc1cc(=O)n(C(=O)Nc2ccccc2)s1. The van der Waals surface area contributed by atoms with Gasteiger partial charge in [-0.25, -0.2) is 4.79 Å². The minimum Gasteiger partial charge on any atom is -0.306 e. The molecule has 1 heterocycles. The van der Waals surface area contributed by atoms with E-state index in [1.54, 1.807) is 12.1 Å². The Labute approximate surface area is 106 Å². The minimum atomic E-state index is -0.425. The number of amides is 1. The van der Waals surface area contributed by atoms with Gasteiger partial charge < -0.3 is 5.32 Å². The smallest absolute Gasteiger partial charge is 0.306 e. The van der Waals surface area contributed by atoms with E-state index in [-0.39, 0.29) is 5.56 Å². The number of hydrogen-bond donors (Lipinski definition) is 1. The number of anilines is 1. The molecule has 2 aromatic rings. The van der Waals surface area contributed by atoms with Gasteiger partial charge in [0.1, 0.15) is 0 Å². The zero-order valence-electron chi connectivity index (χ0n) is 9.04. The molecule has 1 N–H and O–H groups in total. The molecule has 0 fully saturated rings. The van der Waals surface area contributed by atoms with E-state index in [0.717, 1.165) is 19.7 Å². The molecule has 2 rings (SSSR count). The van der Waals surface area contributed by atoms with Crippen molar-refractivity contribution in [3.05, 3.63) is 46.8 Å². The lowest BCUT2D eigenvalue weighted by molar-refractivity contribution is 0.255. The average Bonchev–Trinajstić information content (AvgIpc) is 2.72. The molecule has 0 spiro atoms. The summed E-state index contributed by atoms with van der Waals surface area (Å²) in [6.07, 6.45) is 1.87. The maximum Gasteiger partial charge on any atom is 0.342 e. The van der Waals surface area contributed by atoms with Crippen LogP contribution in [0.1, 0.15) is 0 Å². The lowest BCUT2D eigenvalue weighted by Crippen LogP contribution is -2.25. The molecular weight excluding hydrogens is 256 g/mol. The predicted octanol–water partition coefficient (Wildman–Crippen LogP) is 2.71. The molecule has 0 aliphatic rings. The zero-order valence-corrected chi connectivity index (χ0v) is 10.7. The van der Waals surface area contributed by atoms with Crippen LogP contribution >= 0.6 is 23.3 Å². The number of hydrogen-bond acceptors (Lipinski definition) is 4. The van der Waals surface area contributed by atoms with Crippen molar-refractivity contribution in [2.75, 3.05) is 11.6 Å². The Bertz CT molecular complexity index is 575. The van der Waals surface area contributed by atoms with Crippen LogP contribution in [0.15, 0.2) is 45.4 Å². The highest BCUT2D eigenvalue weighted by atomic mass is 32.2. The normalized spacial score (nSPS) is 10.2. The van der Waals surface area contributed by atoms with Crippen LogP contribution < -0.4 is 10.9 Å². The van der Waals surface area contributed by atoms with Crippen molar-refractivity contribution in [2.24, 2.45) is 0 Å². The van der Waals surface area contributed by atoms with Gasteiger partial charge in [-0.05, 0) is 29.9 Å². The van der Waals surface area contributed by atoms with E-state index in [2.05, 4.69) is 5.32 Å². The number of carbonyl (C=O) groups is 1. The number of thioether (sulfide) groups is 1. The van der Waals surface area contributed by atoms with E-state index in [1.807, 2.05) is 24.5 Å². The van der Waals surface area contributed by atoms with Crippen LogP contribution in [0.3, 0.4) is 0 Å². The van der Waals surface area contributed by atoms with Crippen molar-refractivity contribution in [1.82, 2.24) is 3.96 Å². The number of rotatable bonds is 2. The third-order valence-electron chi connectivity index (χ3n) is 2.03. The Morgan fingerprint density at radius 3 is 2.65 bits per heavy atom. The highest BCUT2D eigenvalue weighted by Crippen LogP contribution is 2.18. The fourth-order valence-electron chi connectivity index (χ4n) is 1.25. The first-order valence-electron chi connectivity index (χ1n) is 4.84. The van der Waals surface area contributed by atoms with E-state index >= 15 is 0 Å². The number of aromatic nitrogens is 1. The molecule has 6 heteroatoms. The maximum atomic E-state index is 11.8. The molecular formula is C11H10N2O2S2. The Morgan fingerprint density at radius 2 is 2.06 bits per heavy atom. The van der Waals surface area contributed by atoms with Crippen LogP contribution in [-0.2, 0) is 0 Å². The van der Waals surface area contributed by atoms with Crippen LogP contribution in [0, 0.1) is 0 Å². The summed E-state index contributed by atoms with van der Waals surface area (Å²) in [6.45, 7) is 0. The second-order valence-corrected chi connectivity index (χ2v) is 5.28. The molecule has 0 saturated heterocycles. The summed E-state index contributed by atoms with van der Waals surface area (Å²) in [7, 11) is 0. The van der Waals surface area contributed by atoms with Crippen molar-refractivity contribution < 1.29 is 4.79 Å². The van der Waals surface area contributed by atoms with Gasteiger partial charge in [0, 0.05) is 11.8 Å². The molecule has 0 aliphatic carbocycles. The summed E-state index contributed by atoms with van der Waals surface area (Å²) in [4.78, 5) is 23.3. The van der Waals surface area contributed by atoms with Gasteiger partial charge in [-0.1, -0.05) is 18.2 Å². The second-order valence-electron chi connectivity index (χ2n) is 3.19. The largest absolute Gasteiger partial charge is 0.342 e. The summed E-state index contributed by atoms with van der Waals surface area (Å²) in [5.74, 6) is 0. The number of carbonyl (C=O) groups excluding carboxylic acids is 1. The van der Waals surface area contributed by atoms with Gasteiger partial charge in [-0.2, -0.15) is 3.96 Å². The Kier molecular flexibility index (Phi) is 3.65. The van der Waals surface area contributed by atoms with E-state index in [1.165, 1.54) is 17.8 Å². The third-order valence-corrected chi connectivity index (χ3v) is 4.10. The van der Waals surface area contributed by atoms with E-state index in [0.29, 0.717) is 5.69 Å². The van der Waals surface area contributed by atoms with Gasteiger partial charge in [-0.15, -0.1) is 11.8 Å². The molecule has 0 aliphatic heterocycles. The molecule has 0 atom stereocenters. The van der Waals surface area contributed by atoms with E-state index in [4.69, 9.17) is 0 Å². The standard InChI is InChI=1S/C11H10N2O2S2/c1-16-10-7-9(14)13(17-10)11(15)12-8-5-3-2-4-6-8/h2-7H,1H3,(H,12,15). The maximum absolute atomic E-state index is 11.8. The molecule has 88 valence electrons. The monoisotopic (exact) mass is 266 g/mol. The number of nitrogens with one attached hydrogen (secondary N) is 1. The van der Waals surface area contributed by atoms with Crippen LogP contribution in [-0.4, -0.2) is 16.2 Å². The number of para-hydroxylation sites is 1. The summed E-state index contributed by atoms with van der Waals surface area (Å²) < 4.78 is 1.93. The van der Waals surface area contributed by atoms with Crippen molar-refractivity contribution >= 4 is 35.0 Å². The van der Waals surface area contributed by atoms with Crippen molar-refractivity contribution in [2.45, 2.75) is 4.21 Å².